The minimum absolute atomic E-state index is 0.808. The van der Waals surface area contributed by atoms with E-state index in [2.05, 4.69) is 9.50 Å². The molecule has 5 rings (SSSR count). The fourth-order valence-corrected chi connectivity index (χ4v) is 8.09. The molecule has 5 aliphatic heterocycles. The van der Waals surface area contributed by atoms with Gasteiger partial charge >= 0.3 is 10.4 Å². The minimum Gasteiger partial charge on any atom is -0.394 e. The van der Waals surface area contributed by atoms with Gasteiger partial charge in [-0.25, -0.2) is 4.18 Å². The summed E-state index contributed by atoms with van der Waals surface area (Å²) in [4.78, 5) is 12.2. The van der Waals surface area contributed by atoms with Crippen LogP contribution in [0.2, 0.25) is 0 Å². The number of aliphatic hydroxyl groups is 14. The van der Waals surface area contributed by atoms with E-state index in [9.17, 15) is 89.3 Å². The number of aliphatic hydroxyl groups excluding tert-OH is 14. The Balaban J connectivity index is 1.65. The second-order valence-corrected chi connectivity index (χ2v) is 16.2. The lowest BCUT2D eigenvalue weighted by atomic mass is 9.94. The predicted molar refractivity (Wildman–Crippen MR) is 187 cm³/mol. The molecule has 0 radical (unpaired) electrons. The molecule has 5 aliphatic rings. The van der Waals surface area contributed by atoms with Crippen molar-refractivity contribution in [3.63, 3.8) is 0 Å². The molecule has 0 spiro atoms. The Labute approximate surface area is 351 Å². The monoisotopic (exact) mass is 933 g/mol. The summed E-state index contributed by atoms with van der Waals surface area (Å²) >= 11 is 0. The highest BCUT2D eigenvalue weighted by Crippen LogP contribution is 2.38. The molecule has 0 saturated carbocycles. The number of hydrogen-bond acceptors (Lipinski definition) is 27. The Bertz CT molecular complexity index is 1550. The maximum absolute atomic E-state index is 12.2. The van der Waals surface area contributed by atoms with E-state index in [0.717, 1.165) is 6.92 Å². The highest BCUT2D eigenvalue weighted by atomic mass is 32.3. The zero-order chi connectivity index (χ0) is 46.1. The summed E-state index contributed by atoms with van der Waals surface area (Å²) in [6, 6.07) is -1.69. The molecule has 362 valence electrons. The van der Waals surface area contributed by atoms with E-state index >= 15 is 0 Å². The van der Waals surface area contributed by atoms with Gasteiger partial charge in [-0.2, -0.15) is 8.42 Å². The van der Waals surface area contributed by atoms with Crippen molar-refractivity contribution in [3.8, 4) is 0 Å². The molecule has 0 aromatic carbocycles. The molecule has 0 aromatic rings. The Hall–Kier alpha value is -1.58. The standard InChI is InChI=1S/C32H55NO28S/c1-7-14(39)18(43)20(45)29(52-7)60-27-26(59-30-21(46)19(44)15(40)9(3-34)54-30)23(57-31-22(47)25(61-62(49,50)51)17(42)11(5-36)55-31)12(6-37)56-32(27)58-24-13(33-8(2)38)28(48)53-10(4-35)16(24)41/h7,9-32,34-37,39-48H,3-6H2,1-2H3,(H,33,38)(H,49,50,51)/t7-,9+,10+,11+,12+,13+,14+,15-,16-,17-,18+,19-,20-,21+,22+,23-,24+,25-,26-,27+,28?,29-,30-,31-,32-/m0/s1. The van der Waals surface area contributed by atoms with Gasteiger partial charge in [-0.3, -0.25) is 9.35 Å². The van der Waals surface area contributed by atoms with Gasteiger partial charge < -0.3 is 119 Å². The summed E-state index contributed by atoms with van der Waals surface area (Å²) in [5, 5.41) is 151. The highest BCUT2D eigenvalue weighted by Gasteiger charge is 2.59. The van der Waals surface area contributed by atoms with Crippen LogP contribution in [0.3, 0.4) is 0 Å². The van der Waals surface area contributed by atoms with Gasteiger partial charge in [0.25, 0.3) is 0 Å². The van der Waals surface area contributed by atoms with Crippen LogP contribution in [0, 0.1) is 0 Å². The largest absolute Gasteiger partial charge is 0.397 e. The zero-order valence-electron chi connectivity index (χ0n) is 32.7. The van der Waals surface area contributed by atoms with Gasteiger partial charge in [0.2, 0.25) is 5.91 Å². The molecule has 5 fully saturated rings. The molecule has 30 heteroatoms. The summed E-state index contributed by atoms with van der Waals surface area (Å²) < 4.78 is 89.3. The average Bonchev–Trinajstić information content (AvgIpc) is 3.22. The van der Waals surface area contributed by atoms with Crippen LogP contribution in [-0.4, -0.2) is 270 Å². The van der Waals surface area contributed by atoms with Crippen LogP contribution in [0.25, 0.3) is 0 Å². The van der Waals surface area contributed by atoms with Crippen molar-refractivity contribution in [1.82, 2.24) is 5.32 Å². The van der Waals surface area contributed by atoms with Crippen LogP contribution in [0.4, 0.5) is 0 Å². The lowest BCUT2D eigenvalue weighted by molar-refractivity contribution is -0.415. The van der Waals surface area contributed by atoms with Gasteiger partial charge in [0.05, 0.1) is 32.5 Å². The molecule has 1 unspecified atom stereocenters. The van der Waals surface area contributed by atoms with Crippen molar-refractivity contribution in [1.29, 1.82) is 0 Å². The first-order valence-corrected chi connectivity index (χ1v) is 20.5. The minimum atomic E-state index is -5.45. The Morgan fingerprint density at radius 1 is 0.500 bits per heavy atom. The molecular formula is C32H55NO28S. The second-order valence-electron chi connectivity index (χ2n) is 15.2. The number of carbonyl (C=O) groups is 1. The number of hydrogen-bond donors (Lipinski definition) is 16. The smallest absolute Gasteiger partial charge is 0.394 e. The third-order valence-electron chi connectivity index (χ3n) is 10.9. The molecule has 0 aromatic heterocycles. The first-order chi connectivity index (χ1) is 29.1. The molecular weight excluding hydrogens is 878 g/mol. The van der Waals surface area contributed by atoms with Crippen LogP contribution >= 0.6 is 0 Å². The van der Waals surface area contributed by atoms with Crippen LogP contribution in [0.5, 0.6) is 0 Å². The van der Waals surface area contributed by atoms with Gasteiger partial charge in [0.15, 0.2) is 31.5 Å². The number of carbonyl (C=O) groups excluding carboxylic acids is 1. The number of amides is 1. The zero-order valence-corrected chi connectivity index (χ0v) is 33.5. The predicted octanol–water partition coefficient (Wildman–Crippen LogP) is -10.9. The summed E-state index contributed by atoms with van der Waals surface area (Å²) in [7, 11) is -5.45. The Morgan fingerprint density at radius 3 is 1.48 bits per heavy atom. The molecule has 0 aliphatic carbocycles. The number of rotatable bonds is 15. The van der Waals surface area contributed by atoms with Crippen molar-refractivity contribution in [2.75, 3.05) is 26.4 Å². The quantitative estimate of drug-likeness (QED) is 0.0678. The molecule has 0 bridgehead atoms. The summed E-state index contributed by atoms with van der Waals surface area (Å²) in [5.74, 6) is -0.808. The number of ether oxygens (including phenoxy) is 9. The van der Waals surface area contributed by atoms with Crippen molar-refractivity contribution >= 4 is 16.3 Å². The van der Waals surface area contributed by atoms with Crippen molar-refractivity contribution in [2.24, 2.45) is 0 Å². The third-order valence-corrected chi connectivity index (χ3v) is 11.4. The fourth-order valence-electron chi connectivity index (χ4n) is 7.58. The maximum atomic E-state index is 12.2. The van der Waals surface area contributed by atoms with Crippen LogP contribution in [-0.2, 0) is 62.0 Å². The van der Waals surface area contributed by atoms with E-state index < -0.39 is 196 Å². The summed E-state index contributed by atoms with van der Waals surface area (Å²) in [5.41, 5.74) is 0. The van der Waals surface area contributed by atoms with Crippen molar-refractivity contribution in [3.05, 3.63) is 0 Å². The topological polar surface area (TPSA) is 459 Å². The first kappa shape index (κ1) is 51.4. The van der Waals surface area contributed by atoms with E-state index in [1.54, 1.807) is 0 Å². The van der Waals surface area contributed by atoms with Gasteiger partial charge in [-0.1, -0.05) is 0 Å². The van der Waals surface area contributed by atoms with Crippen molar-refractivity contribution < 1.29 is 136 Å². The molecule has 62 heavy (non-hydrogen) atoms. The summed E-state index contributed by atoms with van der Waals surface area (Å²) in [6.45, 7) is -1.95. The molecule has 16 N–H and O–H groups in total. The van der Waals surface area contributed by atoms with E-state index in [1.807, 2.05) is 0 Å². The highest BCUT2D eigenvalue weighted by molar-refractivity contribution is 7.80. The normalized spacial score (nSPS) is 49.3. The molecule has 5 heterocycles. The van der Waals surface area contributed by atoms with Crippen LogP contribution in [0.15, 0.2) is 0 Å². The summed E-state index contributed by atoms with van der Waals surface area (Å²) in [6.07, 6.45) is -48.3. The van der Waals surface area contributed by atoms with Gasteiger partial charge in [0.1, 0.15) is 116 Å². The Morgan fingerprint density at radius 2 is 0.935 bits per heavy atom. The van der Waals surface area contributed by atoms with E-state index in [1.165, 1.54) is 6.92 Å². The second kappa shape index (κ2) is 21.4. The van der Waals surface area contributed by atoms with Gasteiger partial charge in [-0.15, -0.1) is 0 Å². The number of nitrogens with one attached hydrogen (secondary N) is 1. The average molecular weight is 934 g/mol. The van der Waals surface area contributed by atoms with Gasteiger partial charge in [-0.05, 0) is 6.92 Å². The molecule has 5 saturated heterocycles. The SMILES string of the molecule is CC(=O)N[C@H]1C(O)O[C@H](CO)[C@H](O)[C@@H]1O[C@@H]1O[C@H](CO)[C@H](O[C@@H]2O[C@H](CO)[C@H](O)[C@H](OS(=O)(=O)O)[C@H]2O)[C@H](O[C@@H]2O[C@H](CO)[C@H](O)[C@H](O)[C@H]2O)[C@H]1O[C@@H]1O[C@@H](C)[C@@H](O)[C@@H](O)[C@@H]1O. The fraction of sp³-hybridized carbons (Fsp3) is 0.969. The lowest BCUT2D eigenvalue weighted by Crippen LogP contribution is -2.71. The molecule has 1 amide bonds. The van der Waals surface area contributed by atoms with Crippen molar-refractivity contribution in [2.45, 2.75) is 167 Å². The first-order valence-electron chi connectivity index (χ1n) is 19.1. The van der Waals surface area contributed by atoms with E-state index in [0.29, 0.717) is 0 Å². The van der Waals surface area contributed by atoms with Crippen LogP contribution < -0.4 is 5.32 Å². The molecule has 25 atom stereocenters. The maximum Gasteiger partial charge on any atom is 0.397 e. The van der Waals surface area contributed by atoms with E-state index in [-0.39, 0.29) is 0 Å². The van der Waals surface area contributed by atoms with E-state index in [4.69, 9.17) is 42.6 Å². The molecule has 29 nitrogen and oxygen atoms in total. The Kier molecular flexibility index (Phi) is 17.7. The van der Waals surface area contributed by atoms with Crippen LogP contribution in [0.1, 0.15) is 13.8 Å². The lowest BCUT2D eigenvalue weighted by Gasteiger charge is -2.52. The van der Waals surface area contributed by atoms with Gasteiger partial charge in [0, 0.05) is 6.92 Å². The third kappa shape index (κ3) is 11.2.